The summed E-state index contributed by atoms with van der Waals surface area (Å²) in [4.78, 5) is 23.4. The van der Waals surface area contributed by atoms with E-state index in [2.05, 4.69) is 41.4 Å². The maximum absolute atomic E-state index is 12.0. The van der Waals surface area contributed by atoms with Crippen LogP contribution in [-0.4, -0.2) is 55.0 Å². The molecule has 11 heteroatoms. The van der Waals surface area contributed by atoms with E-state index in [1.165, 1.54) is 11.6 Å². The lowest BCUT2D eigenvalue weighted by Gasteiger charge is -2.33. The number of hydrogen-bond acceptors (Lipinski definition) is 7. The number of hydrogen-bond donors (Lipinski definition) is 2. The molecule has 0 aliphatic carbocycles. The average molecular weight is 551 g/mol. The minimum absolute atomic E-state index is 0.316. The van der Waals surface area contributed by atoms with Crippen LogP contribution >= 0.6 is 0 Å². The first-order valence-corrected chi connectivity index (χ1v) is 12.7. The van der Waals surface area contributed by atoms with Crippen LogP contribution in [0.4, 0.5) is 18.9 Å². The van der Waals surface area contributed by atoms with Crippen molar-refractivity contribution < 1.29 is 37.0 Å². The summed E-state index contributed by atoms with van der Waals surface area (Å²) in [5.41, 5.74) is 2.34. The minimum Gasteiger partial charge on any atom is -0.497 e. The van der Waals surface area contributed by atoms with Gasteiger partial charge in [0.2, 0.25) is 0 Å². The highest BCUT2D eigenvalue weighted by Crippen LogP contribution is 2.28. The Kier molecular flexibility index (Phi) is 10.6. The number of alkyl halides is 3. The van der Waals surface area contributed by atoms with E-state index in [0.717, 1.165) is 74.5 Å². The number of unbranched alkanes of at least 4 members (excludes halogenated alkanes) is 1. The number of carbonyl (C=O) groups is 1. The van der Waals surface area contributed by atoms with Gasteiger partial charge in [-0.05, 0) is 55.2 Å². The Morgan fingerprint density at radius 1 is 1.10 bits per heavy atom. The quantitative estimate of drug-likeness (QED) is 0.259. The predicted octanol–water partition coefficient (Wildman–Crippen LogP) is 5.69. The molecule has 8 nitrogen and oxygen atoms in total. The Hall–Kier alpha value is -3.73. The standard InChI is InChI=1S/C26H32N2O4.C2HF3O2/c1-3-4-15-31-21-7-5-19(6-8-21)18-28-13-11-20(12-14-28)27-24-17-26(29)32-25-10-9-22(30-2)16-23(24)25;3-2(4,5)1(6)7/h5-10,16-17,20,27H,3-4,11-15,18H2,1-2H3;(H,6,7). The van der Waals surface area contributed by atoms with E-state index in [9.17, 15) is 18.0 Å². The molecule has 0 atom stereocenters. The Morgan fingerprint density at radius 2 is 1.74 bits per heavy atom. The maximum atomic E-state index is 12.0. The van der Waals surface area contributed by atoms with Crippen molar-refractivity contribution in [2.24, 2.45) is 0 Å². The summed E-state index contributed by atoms with van der Waals surface area (Å²) >= 11 is 0. The van der Waals surface area contributed by atoms with Crippen LogP contribution in [0.3, 0.4) is 0 Å². The molecule has 2 heterocycles. The molecule has 4 rings (SSSR count). The molecule has 0 bridgehead atoms. The molecule has 212 valence electrons. The van der Waals surface area contributed by atoms with Crippen LogP contribution in [0.5, 0.6) is 11.5 Å². The molecule has 1 aromatic heterocycles. The molecule has 2 N–H and O–H groups in total. The van der Waals surface area contributed by atoms with Gasteiger partial charge in [-0.2, -0.15) is 13.2 Å². The van der Waals surface area contributed by atoms with Gasteiger partial charge in [0, 0.05) is 37.1 Å². The molecule has 1 fully saturated rings. The summed E-state index contributed by atoms with van der Waals surface area (Å²) < 4.78 is 48.2. The summed E-state index contributed by atoms with van der Waals surface area (Å²) in [5.74, 6) is -1.07. The topological polar surface area (TPSA) is 101 Å². The number of anilines is 1. The second kappa shape index (κ2) is 13.9. The van der Waals surface area contributed by atoms with Gasteiger partial charge >= 0.3 is 17.8 Å². The summed E-state index contributed by atoms with van der Waals surface area (Å²) in [5, 5.41) is 11.6. The summed E-state index contributed by atoms with van der Waals surface area (Å²) in [7, 11) is 1.64. The molecule has 3 aromatic rings. The fourth-order valence-electron chi connectivity index (χ4n) is 4.13. The van der Waals surface area contributed by atoms with Gasteiger partial charge in [0.15, 0.2) is 0 Å². The van der Waals surface area contributed by atoms with Crippen LogP contribution in [0, 0.1) is 0 Å². The van der Waals surface area contributed by atoms with Crippen LogP contribution in [0.2, 0.25) is 0 Å². The number of aliphatic carboxylic acids is 1. The van der Waals surface area contributed by atoms with E-state index in [0.29, 0.717) is 11.6 Å². The van der Waals surface area contributed by atoms with Crippen LogP contribution < -0.4 is 20.4 Å². The number of nitrogens with zero attached hydrogens (tertiary/aromatic N) is 1. The largest absolute Gasteiger partial charge is 0.497 e. The van der Waals surface area contributed by atoms with E-state index < -0.39 is 12.1 Å². The fraction of sp³-hybridized carbons (Fsp3) is 0.429. The molecule has 39 heavy (non-hydrogen) atoms. The van der Waals surface area contributed by atoms with Crippen molar-refractivity contribution in [1.29, 1.82) is 0 Å². The van der Waals surface area contributed by atoms with Crippen molar-refractivity contribution in [2.45, 2.75) is 51.4 Å². The van der Waals surface area contributed by atoms with Gasteiger partial charge in [-0.25, -0.2) is 9.59 Å². The van der Waals surface area contributed by atoms with Crippen molar-refractivity contribution in [2.75, 3.05) is 32.1 Å². The van der Waals surface area contributed by atoms with Crippen molar-refractivity contribution in [1.82, 2.24) is 4.90 Å². The molecule has 2 aromatic carbocycles. The van der Waals surface area contributed by atoms with E-state index in [4.69, 9.17) is 23.8 Å². The molecular weight excluding hydrogens is 517 g/mol. The number of piperidine rings is 1. The number of likely N-dealkylation sites (tertiary alicyclic amines) is 1. The first-order valence-electron chi connectivity index (χ1n) is 12.7. The number of fused-ring (bicyclic) bond motifs is 1. The van der Waals surface area contributed by atoms with Gasteiger partial charge in [0.25, 0.3) is 0 Å². The highest BCUT2D eigenvalue weighted by molar-refractivity contribution is 5.90. The van der Waals surface area contributed by atoms with Gasteiger partial charge in [0.05, 0.1) is 19.4 Å². The summed E-state index contributed by atoms with van der Waals surface area (Å²) in [6.45, 7) is 5.91. The zero-order valence-corrected chi connectivity index (χ0v) is 21.9. The van der Waals surface area contributed by atoms with Gasteiger partial charge in [-0.3, -0.25) is 4.90 Å². The smallest absolute Gasteiger partial charge is 0.490 e. The summed E-state index contributed by atoms with van der Waals surface area (Å²) in [6.07, 6.45) is -0.819. The third-order valence-electron chi connectivity index (χ3n) is 6.24. The van der Waals surface area contributed by atoms with Crippen LogP contribution in [0.15, 0.2) is 57.7 Å². The number of benzene rings is 2. The van der Waals surface area contributed by atoms with Gasteiger partial charge in [0.1, 0.15) is 17.1 Å². The maximum Gasteiger partial charge on any atom is 0.490 e. The predicted molar refractivity (Wildman–Crippen MR) is 141 cm³/mol. The van der Waals surface area contributed by atoms with Crippen molar-refractivity contribution in [3.05, 3.63) is 64.5 Å². The molecule has 0 unspecified atom stereocenters. The number of carboxylic acids is 1. The molecule has 0 radical (unpaired) electrons. The Balaban J connectivity index is 0.000000532. The highest BCUT2D eigenvalue weighted by atomic mass is 19.4. The van der Waals surface area contributed by atoms with Crippen molar-refractivity contribution >= 4 is 22.6 Å². The number of nitrogens with one attached hydrogen (secondary N) is 1. The Labute approximate surface area is 224 Å². The zero-order chi connectivity index (χ0) is 28.4. The van der Waals surface area contributed by atoms with Gasteiger partial charge in [-0.15, -0.1) is 0 Å². The summed E-state index contributed by atoms with van der Waals surface area (Å²) in [6, 6.07) is 15.8. The van der Waals surface area contributed by atoms with E-state index in [-0.39, 0.29) is 5.63 Å². The lowest BCUT2D eigenvalue weighted by atomic mass is 10.0. The molecule has 0 saturated carbocycles. The van der Waals surface area contributed by atoms with E-state index in [1.807, 2.05) is 6.07 Å². The lowest BCUT2D eigenvalue weighted by molar-refractivity contribution is -0.192. The van der Waals surface area contributed by atoms with E-state index in [1.54, 1.807) is 19.2 Å². The number of carboxylic acid groups (broad SMARTS) is 1. The lowest BCUT2D eigenvalue weighted by Crippen LogP contribution is -2.38. The first kappa shape index (κ1) is 29.8. The van der Waals surface area contributed by atoms with Crippen LogP contribution in [0.25, 0.3) is 11.0 Å². The zero-order valence-electron chi connectivity index (χ0n) is 21.9. The fourth-order valence-corrected chi connectivity index (χ4v) is 4.13. The third-order valence-corrected chi connectivity index (χ3v) is 6.24. The number of methoxy groups -OCH3 is 1. The molecule has 1 aliphatic heterocycles. The normalized spacial score (nSPS) is 14.4. The Morgan fingerprint density at radius 3 is 2.33 bits per heavy atom. The minimum atomic E-state index is -5.08. The van der Waals surface area contributed by atoms with Crippen molar-refractivity contribution in [3.63, 3.8) is 0 Å². The second-order valence-electron chi connectivity index (χ2n) is 9.18. The molecule has 1 aliphatic rings. The molecule has 0 amide bonds. The monoisotopic (exact) mass is 550 g/mol. The Bertz CT molecular complexity index is 1270. The molecule has 0 spiro atoms. The van der Waals surface area contributed by atoms with Crippen LogP contribution in [0.1, 0.15) is 38.2 Å². The average Bonchev–Trinajstić information content (AvgIpc) is 2.90. The number of halogens is 3. The third kappa shape index (κ3) is 9.20. The van der Waals surface area contributed by atoms with E-state index >= 15 is 0 Å². The number of rotatable bonds is 9. The van der Waals surface area contributed by atoms with Crippen molar-refractivity contribution in [3.8, 4) is 11.5 Å². The highest BCUT2D eigenvalue weighted by Gasteiger charge is 2.38. The second-order valence-corrected chi connectivity index (χ2v) is 9.18. The van der Waals surface area contributed by atoms with Crippen LogP contribution in [-0.2, 0) is 11.3 Å². The van der Waals surface area contributed by atoms with Gasteiger partial charge < -0.3 is 24.3 Å². The van der Waals surface area contributed by atoms with Gasteiger partial charge in [-0.1, -0.05) is 25.5 Å². The first-order chi connectivity index (χ1) is 18.6. The SMILES string of the molecule is CCCCOc1ccc(CN2CCC(Nc3cc(=O)oc4ccc(OC)cc34)CC2)cc1.O=C(O)C(F)(F)F. The molecular formula is C28H33F3N2O6. The molecule has 1 saturated heterocycles. The number of ether oxygens (including phenoxy) is 2.